The van der Waals surface area contributed by atoms with E-state index in [1.807, 2.05) is 0 Å². The van der Waals surface area contributed by atoms with Gasteiger partial charge in [0.25, 0.3) is 0 Å². The summed E-state index contributed by atoms with van der Waals surface area (Å²) < 4.78 is 48.8. The Morgan fingerprint density at radius 3 is 2.50 bits per heavy atom. The average Bonchev–Trinajstić information content (AvgIpc) is 2.21. The first-order chi connectivity index (χ1) is 8.46. The molecule has 18 heavy (non-hydrogen) atoms. The second-order valence-electron chi connectivity index (χ2n) is 4.41. The number of halogens is 4. The van der Waals surface area contributed by atoms with Gasteiger partial charge in [0.2, 0.25) is 0 Å². The molecule has 1 aromatic carbocycles. The maximum Gasteiger partial charge on any atom is 0.413 e. The molecule has 0 heterocycles. The molecule has 2 nitrogen and oxygen atoms in total. The van der Waals surface area contributed by atoms with E-state index < -0.39 is 12.8 Å². The maximum absolute atomic E-state index is 13.4. The van der Waals surface area contributed by atoms with Crippen molar-refractivity contribution in [2.45, 2.75) is 31.0 Å². The Balaban J connectivity index is 1.73. The molecule has 0 saturated heterocycles. The van der Waals surface area contributed by atoms with Crippen LogP contribution in [-0.4, -0.2) is 18.8 Å². The molecule has 1 fully saturated rings. The van der Waals surface area contributed by atoms with Gasteiger partial charge in [-0.25, -0.2) is 4.39 Å². The molecular formula is C12H13F4NO. The minimum absolute atomic E-state index is 0.0539. The minimum Gasteiger partial charge on any atom is -0.292 e. The van der Waals surface area contributed by atoms with E-state index >= 15 is 0 Å². The largest absolute Gasteiger partial charge is 0.413 e. The zero-order valence-corrected chi connectivity index (χ0v) is 9.51. The highest BCUT2D eigenvalue weighted by atomic mass is 19.4. The van der Waals surface area contributed by atoms with E-state index in [0.717, 1.165) is 0 Å². The van der Waals surface area contributed by atoms with Crippen molar-refractivity contribution in [3.63, 3.8) is 0 Å². The number of benzene rings is 1. The fourth-order valence-electron chi connectivity index (χ4n) is 2.02. The van der Waals surface area contributed by atoms with Crippen LogP contribution in [0.15, 0.2) is 24.3 Å². The lowest BCUT2D eigenvalue weighted by Crippen LogP contribution is -2.41. The molecule has 1 N–H and O–H groups in total. The van der Waals surface area contributed by atoms with Gasteiger partial charge in [0.1, 0.15) is 5.82 Å². The lowest BCUT2D eigenvalue weighted by molar-refractivity contribution is -0.195. The van der Waals surface area contributed by atoms with Crippen molar-refractivity contribution in [3.05, 3.63) is 35.6 Å². The fourth-order valence-corrected chi connectivity index (χ4v) is 2.02. The second kappa shape index (κ2) is 5.24. The van der Waals surface area contributed by atoms with Gasteiger partial charge in [-0.2, -0.15) is 18.7 Å². The topological polar surface area (TPSA) is 21.3 Å². The zero-order chi connectivity index (χ0) is 13.2. The summed E-state index contributed by atoms with van der Waals surface area (Å²) in [6, 6.07) is 6.30. The Morgan fingerprint density at radius 2 is 1.89 bits per heavy atom. The molecule has 0 aliphatic heterocycles. The summed E-state index contributed by atoms with van der Waals surface area (Å²) in [4.78, 5) is 4.35. The van der Waals surface area contributed by atoms with E-state index in [1.165, 1.54) is 6.07 Å². The van der Waals surface area contributed by atoms with Gasteiger partial charge >= 0.3 is 6.18 Å². The lowest BCUT2D eigenvalue weighted by atomic mass is 9.76. The van der Waals surface area contributed by atoms with Crippen LogP contribution >= 0.6 is 0 Å². The first-order valence-electron chi connectivity index (χ1n) is 5.64. The van der Waals surface area contributed by atoms with E-state index in [9.17, 15) is 17.6 Å². The van der Waals surface area contributed by atoms with Gasteiger partial charge in [-0.05, 0) is 30.4 Å². The molecule has 1 aliphatic rings. The Kier molecular flexibility index (Phi) is 3.87. The van der Waals surface area contributed by atoms with Gasteiger partial charge in [-0.15, -0.1) is 0 Å². The summed E-state index contributed by atoms with van der Waals surface area (Å²) in [5.74, 6) is -0.213. The molecule has 100 valence electrons. The molecule has 0 aromatic heterocycles. The van der Waals surface area contributed by atoms with Crippen LogP contribution in [0.1, 0.15) is 24.3 Å². The number of hydroxylamine groups is 1. The van der Waals surface area contributed by atoms with Crippen molar-refractivity contribution in [2.75, 3.05) is 6.61 Å². The Morgan fingerprint density at radius 1 is 1.22 bits per heavy atom. The normalized spacial score (nSPS) is 23.8. The summed E-state index contributed by atoms with van der Waals surface area (Å²) in [6.07, 6.45) is -3.17. The summed E-state index contributed by atoms with van der Waals surface area (Å²) in [6.45, 7) is -1.31. The molecule has 1 saturated carbocycles. The standard InChI is InChI=1S/C12H13F4NO/c13-11-4-2-1-3-10(11)8-5-9(6-8)17-18-7-12(14,15)16/h1-4,8-9,17H,5-7H2. The SMILES string of the molecule is Fc1ccccc1C1CC(NOCC(F)(F)F)C1. The van der Waals surface area contributed by atoms with Gasteiger partial charge in [-0.3, -0.25) is 4.84 Å². The molecule has 2 rings (SSSR count). The van der Waals surface area contributed by atoms with Crippen LogP contribution in [-0.2, 0) is 4.84 Å². The Bertz CT molecular complexity index is 401. The summed E-state index contributed by atoms with van der Waals surface area (Å²) >= 11 is 0. The van der Waals surface area contributed by atoms with Gasteiger partial charge in [0.15, 0.2) is 6.61 Å². The van der Waals surface area contributed by atoms with Gasteiger partial charge in [0, 0.05) is 6.04 Å². The van der Waals surface area contributed by atoms with Crippen LogP contribution in [0.3, 0.4) is 0 Å². The molecule has 1 aromatic rings. The molecule has 0 atom stereocenters. The minimum atomic E-state index is -4.33. The molecule has 6 heteroatoms. The van der Waals surface area contributed by atoms with Crippen LogP contribution in [0, 0.1) is 5.82 Å². The number of rotatable bonds is 4. The molecule has 0 bridgehead atoms. The highest BCUT2D eigenvalue weighted by Crippen LogP contribution is 2.37. The van der Waals surface area contributed by atoms with Crippen molar-refractivity contribution < 1.29 is 22.4 Å². The second-order valence-corrected chi connectivity index (χ2v) is 4.41. The van der Waals surface area contributed by atoms with E-state index in [1.54, 1.807) is 18.2 Å². The number of hydrogen-bond acceptors (Lipinski definition) is 2. The first-order valence-corrected chi connectivity index (χ1v) is 5.64. The monoisotopic (exact) mass is 263 g/mol. The average molecular weight is 263 g/mol. The quantitative estimate of drug-likeness (QED) is 0.665. The van der Waals surface area contributed by atoms with Crippen molar-refractivity contribution in [1.82, 2.24) is 5.48 Å². The van der Waals surface area contributed by atoms with E-state index in [2.05, 4.69) is 10.3 Å². The third kappa shape index (κ3) is 3.43. The van der Waals surface area contributed by atoms with Crippen LogP contribution < -0.4 is 5.48 Å². The van der Waals surface area contributed by atoms with Gasteiger partial charge in [-0.1, -0.05) is 18.2 Å². The van der Waals surface area contributed by atoms with Crippen molar-refractivity contribution >= 4 is 0 Å². The molecule has 0 unspecified atom stereocenters. The smallest absolute Gasteiger partial charge is 0.292 e. The van der Waals surface area contributed by atoms with Crippen LogP contribution in [0.5, 0.6) is 0 Å². The predicted octanol–water partition coefficient (Wildman–Crippen LogP) is 3.16. The van der Waals surface area contributed by atoms with Gasteiger partial charge < -0.3 is 0 Å². The molecule has 0 spiro atoms. The van der Waals surface area contributed by atoms with Crippen molar-refractivity contribution in [1.29, 1.82) is 0 Å². The highest BCUT2D eigenvalue weighted by molar-refractivity contribution is 5.24. The van der Waals surface area contributed by atoms with Crippen molar-refractivity contribution in [2.24, 2.45) is 0 Å². The summed E-state index contributed by atoms with van der Waals surface area (Å²) in [5, 5.41) is 0. The predicted molar refractivity (Wildman–Crippen MR) is 57.3 cm³/mol. The Labute approximate surface area is 102 Å². The number of alkyl halides is 3. The zero-order valence-electron chi connectivity index (χ0n) is 9.51. The van der Waals surface area contributed by atoms with Crippen molar-refractivity contribution in [3.8, 4) is 0 Å². The third-order valence-electron chi connectivity index (χ3n) is 2.97. The fraction of sp³-hybridized carbons (Fsp3) is 0.500. The van der Waals surface area contributed by atoms with E-state index in [4.69, 9.17) is 0 Å². The molecular weight excluding hydrogens is 250 g/mol. The third-order valence-corrected chi connectivity index (χ3v) is 2.97. The number of nitrogens with one attached hydrogen (secondary N) is 1. The summed E-state index contributed by atoms with van der Waals surface area (Å²) in [5.41, 5.74) is 2.97. The summed E-state index contributed by atoms with van der Waals surface area (Å²) in [7, 11) is 0. The van der Waals surface area contributed by atoms with Crippen LogP contribution in [0.4, 0.5) is 17.6 Å². The lowest BCUT2D eigenvalue weighted by Gasteiger charge is -2.35. The Hall–Kier alpha value is -1.14. The maximum atomic E-state index is 13.4. The van der Waals surface area contributed by atoms with Crippen LogP contribution in [0.2, 0.25) is 0 Å². The van der Waals surface area contributed by atoms with Crippen LogP contribution in [0.25, 0.3) is 0 Å². The highest BCUT2D eigenvalue weighted by Gasteiger charge is 2.33. The molecule has 0 radical (unpaired) electrons. The van der Waals surface area contributed by atoms with Gasteiger partial charge in [0.05, 0.1) is 0 Å². The van der Waals surface area contributed by atoms with E-state index in [0.29, 0.717) is 18.4 Å². The molecule has 0 amide bonds. The first kappa shape index (κ1) is 13.3. The number of hydrogen-bond donors (Lipinski definition) is 1. The van der Waals surface area contributed by atoms with E-state index in [-0.39, 0.29) is 17.8 Å². The molecule has 1 aliphatic carbocycles.